The van der Waals surface area contributed by atoms with Gasteiger partial charge < -0.3 is 4.57 Å². The highest BCUT2D eigenvalue weighted by Gasteiger charge is 2.15. The van der Waals surface area contributed by atoms with Gasteiger partial charge in [0.1, 0.15) is 0 Å². The van der Waals surface area contributed by atoms with Crippen LogP contribution in [-0.4, -0.2) is 19.5 Å². The number of fused-ring (bicyclic) bond motifs is 4. The largest absolute Gasteiger partial charge is 0.309 e. The van der Waals surface area contributed by atoms with E-state index in [4.69, 9.17) is 15.0 Å². The van der Waals surface area contributed by atoms with Crippen LogP contribution in [0.1, 0.15) is 0 Å². The number of para-hydroxylation sites is 1. The molecule has 0 radical (unpaired) electrons. The Morgan fingerprint density at radius 3 is 1.46 bits per heavy atom. The van der Waals surface area contributed by atoms with Gasteiger partial charge in [0, 0.05) is 33.2 Å². The lowest BCUT2D eigenvalue weighted by Crippen LogP contribution is -2.00. The van der Waals surface area contributed by atoms with Gasteiger partial charge in [-0.3, -0.25) is 0 Å². The Kier molecular flexibility index (Phi) is 5.42. The first kappa shape index (κ1) is 23.3. The van der Waals surface area contributed by atoms with E-state index in [0.29, 0.717) is 17.5 Å². The molecule has 0 fully saturated rings. The number of benzene rings is 6. The summed E-state index contributed by atoms with van der Waals surface area (Å²) in [5, 5.41) is 4.97. The molecule has 0 bridgehead atoms. The van der Waals surface area contributed by atoms with Crippen molar-refractivity contribution in [1.29, 1.82) is 0 Å². The molecule has 2 heterocycles. The first-order chi connectivity index (χ1) is 20.3. The van der Waals surface area contributed by atoms with Crippen LogP contribution in [0.15, 0.2) is 146 Å². The fourth-order valence-corrected chi connectivity index (χ4v) is 5.63. The maximum atomic E-state index is 4.90. The van der Waals surface area contributed by atoms with Crippen molar-refractivity contribution in [3.05, 3.63) is 146 Å². The van der Waals surface area contributed by atoms with Crippen LogP contribution >= 0.6 is 0 Å². The van der Waals surface area contributed by atoms with Gasteiger partial charge in [-0.1, -0.05) is 103 Å². The maximum absolute atomic E-state index is 4.90. The van der Waals surface area contributed by atoms with E-state index in [1.165, 1.54) is 32.6 Å². The van der Waals surface area contributed by atoms with Crippen molar-refractivity contribution in [1.82, 2.24) is 19.5 Å². The number of hydrogen-bond acceptors (Lipinski definition) is 3. The van der Waals surface area contributed by atoms with Gasteiger partial charge in [-0.15, -0.1) is 0 Å². The molecule has 0 amide bonds. The molecule has 4 nitrogen and oxygen atoms in total. The number of rotatable bonds is 4. The Morgan fingerprint density at radius 2 is 0.854 bits per heavy atom. The fourth-order valence-electron chi connectivity index (χ4n) is 5.63. The van der Waals surface area contributed by atoms with E-state index in [1.807, 2.05) is 60.7 Å². The normalized spacial score (nSPS) is 11.4. The smallest absolute Gasteiger partial charge is 0.164 e. The maximum Gasteiger partial charge on any atom is 0.164 e. The van der Waals surface area contributed by atoms with E-state index in [9.17, 15) is 0 Å². The minimum absolute atomic E-state index is 0.650. The lowest BCUT2D eigenvalue weighted by molar-refractivity contribution is 1.07. The summed E-state index contributed by atoms with van der Waals surface area (Å²) >= 11 is 0. The quantitative estimate of drug-likeness (QED) is 0.231. The molecule has 0 saturated carbocycles. The molecule has 192 valence electrons. The Bertz CT molecular complexity index is 2120. The van der Waals surface area contributed by atoms with Crippen molar-refractivity contribution in [3.63, 3.8) is 0 Å². The highest BCUT2D eigenvalue weighted by molar-refractivity contribution is 6.13. The zero-order valence-corrected chi connectivity index (χ0v) is 22.1. The van der Waals surface area contributed by atoms with Crippen molar-refractivity contribution in [3.8, 4) is 39.9 Å². The van der Waals surface area contributed by atoms with Gasteiger partial charge >= 0.3 is 0 Å². The molecule has 8 aromatic rings. The van der Waals surface area contributed by atoms with Crippen molar-refractivity contribution in [2.45, 2.75) is 0 Å². The molecule has 0 aliphatic rings. The zero-order valence-electron chi connectivity index (χ0n) is 22.1. The molecule has 0 aliphatic heterocycles. The summed E-state index contributed by atoms with van der Waals surface area (Å²) in [4.78, 5) is 14.6. The number of nitrogens with zero attached hydrogens (tertiary/aromatic N) is 4. The fraction of sp³-hybridized carbons (Fsp3) is 0. The monoisotopic (exact) mass is 524 g/mol. The average molecular weight is 525 g/mol. The van der Waals surface area contributed by atoms with Gasteiger partial charge in [0.2, 0.25) is 0 Å². The molecule has 0 aliphatic carbocycles. The third-order valence-corrected chi connectivity index (χ3v) is 7.62. The van der Waals surface area contributed by atoms with E-state index < -0.39 is 0 Å². The number of aromatic nitrogens is 4. The minimum Gasteiger partial charge on any atom is -0.309 e. The van der Waals surface area contributed by atoms with E-state index in [1.54, 1.807) is 0 Å². The minimum atomic E-state index is 0.650. The Labute approximate surface area is 237 Å². The molecule has 6 aromatic carbocycles. The second-order valence-electron chi connectivity index (χ2n) is 10.2. The van der Waals surface area contributed by atoms with Crippen LogP contribution in [-0.2, 0) is 0 Å². The summed E-state index contributed by atoms with van der Waals surface area (Å²) in [5.74, 6) is 1.97. The molecule has 8 rings (SSSR count). The first-order valence-electron chi connectivity index (χ1n) is 13.7. The van der Waals surface area contributed by atoms with Crippen LogP contribution in [0.3, 0.4) is 0 Å². The predicted molar refractivity (Wildman–Crippen MR) is 168 cm³/mol. The van der Waals surface area contributed by atoms with E-state index in [0.717, 1.165) is 22.4 Å². The van der Waals surface area contributed by atoms with Crippen LogP contribution in [0.25, 0.3) is 72.4 Å². The highest BCUT2D eigenvalue weighted by Crippen LogP contribution is 2.35. The summed E-state index contributed by atoms with van der Waals surface area (Å²) in [7, 11) is 0. The lowest BCUT2D eigenvalue weighted by Gasteiger charge is -2.11. The molecular weight excluding hydrogens is 500 g/mol. The summed E-state index contributed by atoms with van der Waals surface area (Å²) in [6.07, 6.45) is 0. The van der Waals surface area contributed by atoms with Crippen molar-refractivity contribution < 1.29 is 0 Å². The molecule has 2 aromatic heterocycles. The molecule has 0 N–H and O–H groups in total. The van der Waals surface area contributed by atoms with E-state index in [-0.39, 0.29) is 0 Å². The van der Waals surface area contributed by atoms with Crippen LogP contribution in [0, 0.1) is 0 Å². The zero-order chi connectivity index (χ0) is 27.2. The lowest BCUT2D eigenvalue weighted by atomic mass is 10.1. The Hall–Kier alpha value is -5.61. The summed E-state index contributed by atoms with van der Waals surface area (Å²) in [5.41, 5.74) is 6.33. The Balaban J connectivity index is 1.28. The van der Waals surface area contributed by atoms with Crippen LogP contribution < -0.4 is 0 Å². The standard InChI is InChI=1S/C37H24N4/c1-3-11-25(12-4-1)35-38-36(26-13-5-2-6-14-26)40-37(39-35)27-19-21-30(22-20-27)41-33-18-10-9-17-31(33)32-23-28-15-7-8-16-29(28)24-34(32)41/h1-24H. The van der Waals surface area contributed by atoms with Gasteiger partial charge in [0.15, 0.2) is 17.5 Å². The molecule has 0 saturated heterocycles. The molecule has 4 heteroatoms. The number of hydrogen-bond donors (Lipinski definition) is 0. The van der Waals surface area contributed by atoms with Crippen molar-refractivity contribution >= 4 is 32.6 Å². The highest BCUT2D eigenvalue weighted by atomic mass is 15.0. The van der Waals surface area contributed by atoms with Gasteiger partial charge in [-0.25, -0.2) is 15.0 Å². The van der Waals surface area contributed by atoms with E-state index >= 15 is 0 Å². The molecule has 41 heavy (non-hydrogen) atoms. The molecule has 0 spiro atoms. The summed E-state index contributed by atoms with van der Waals surface area (Å²) in [6.45, 7) is 0. The van der Waals surface area contributed by atoms with Crippen molar-refractivity contribution in [2.24, 2.45) is 0 Å². The van der Waals surface area contributed by atoms with Crippen LogP contribution in [0.5, 0.6) is 0 Å². The topological polar surface area (TPSA) is 43.6 Å². The van der Waals surface area contributed by atoms with E-state index in [2.05, 4.69) is 89.5 Å². The van der Waals surface area contributed by atoms with Gasteiger partial charge in [0.05, 0.1) is 11.0 Å². The second kappa shape index (κ2) is 9.54. The van der Waals surface area contributed by atoms with Crippen LogP contribution in [0.2, 0.25) is 0 Å². The summed E-state index contributed by atoms with van der Waals surface area (Å²) < 4.78 is 2.35. The summed E-state index contributed by atoms with van der Waals surface area (Å²) in [6, 6.07) is 50.4. The molecular formula is C37H24N4. The predicted octanol–water partition coefficient (Wildman–Crippen LogP) is 9.12. The van der Waals surface area contributed by atoms with Gasteiger partial charge in [0.25, 0.3) is 0 Å². The van der Waals surface area contributed by atoms with Gasteiger partial charge in [-0.2, -0.15) is 0 Å². The van der Waals surface area contributed by atoms with Gasteiger partial charge in [-0.05, 0) is 53.2 Å². The van der Waals surface area contributed by atoms with Crippen molar-refractivity contribution in [2.75, 3.05) is 0 Å². The third kappa shape index (κ3) is 4.05. The molecule has 0 atom stereocenters. The third-order valence-electron chi connectivity index (χ3n) is 7.62. The van der Waals surface area contributed by atoms with Crippen LogP contribution in [0.4, 0.5) is 0 Å². The SMILES string of the molecule is c1ccc(-c2nc(-c3ccccc3)nc(-c3ccc(-n4c5ccccc5c5cc6ccccc6cc54)cc3)n2)cc1. The average Bonchev–Trinajstić information content (AvgIpc) is 3.37. The first-order valence-corrected chi connectivity index (χ1v) is 13.7. The Morgan fingerprint density at radius 1 is 0.366 bits per heavy atom. The molecule has 0 unspecified atom stereocenters. The second-order valence-corrected chi connectivity index (χ2v) is 10.2.